The zero-order valence-electron chi connectivity index (χ0n) is 8.49. The maximum atomic E-state index is 12.1. The molecule has 0 saturated heterocycles. The van der Waals surface area contributed by atoms with E-state index >= 15 is 0 Å². The number of rotatable bonds is 4. The van der Waals surface area contributed by atoms with Crippen LogP contribution < -0.4 is 0 Å². The number of halogens is 6. The van der Waals surface area contributed by atoms with Crippen LogP contribution in [-0.4, -0.2) is 23.6 Å². The van der Waals surface area contributed by atoms with E-state index in [1.54, 1.807) is 0 Å². The highest BCUT2D eigenvalue weighted by molar-refractivity contribution is 4.91. The van der Waals surface area contributed by atoms with Crippen LogP contribution in [0, 0.1) is 5.92 Å². The second-order valence-electron chi connectivity index (χ2n) is 3.62. The number of aliphatic hydroxyl groups excluding tert-OH is 1. The van der Waals surface area contributed by atoms with Gasteiger partial charge in [0.05, 0.1) is 6.10 Å². The Morgan fingerprint density at radius 3 is 1.75 bits per heavy atom. The Morgan fingerprint density at radius 2 is 1.50 bits per heavy atom. The van der Waals surface area contributed by atoms with Gasteiger partial charge >= 0.3 is 12.4 Å². The van der Waals surface area contributed by atoms with Gasteiger partial charge in [-0.25, -0.2) is 0 Å². The molecule has 1 atom stereocenters. The van der Waals surface area contributed by atoms with Crippen LogP contribution in [0.4, 0.5) is 26.3 Å². The first-order valence-corrected chi connectivity index (χ1v) is 4.42. The van der Waals surface area contributed by atoms with Gasteiger partial charge in [-0.05, 0) is 19.8 Å². The first-order valence-electron chi connectivity index (χ1n) is 4.42. The molecule has 0 bridgehead atoms. The highest BCUT2D eigenvalue weighted by Crippen LogP contribution is 2.42. The summed E-state index contributed by atoms with van der Waals surface area (Å²) in [6.07, 6.45) is -14.2. The predicted molar refractivity (Wildman–Crippen MR) is 45.7 cm³/mol. The summed E-state index contributed by atoms with van der Waals surface area (Å²) in [7, 11) is 0. The highest BCUT2D eigenvalue weighted by Gasteiger charge is 2.59. The summed E-state index contributed by atoms with van der Waals surface area (Å²) in [5.41, 5.74) is 0.419. The summed E-state index contributed by atoms with van der Waals surface area (Å²) in [6.45, 7) is 4.80. The highest BCUT2D eigenvalue weighted by atomic mass is 19.4. The number of aliphatic hydroxyl groups is 1. The summed E-state index contributed by atoms with van der Waals surface area (Å²) in [6, 6.07) is 0. The molecule has 0 heterocycles. The van der Waals surface area contributed by atoms with E-state index in [2.05, 4.69) is 6.58 Å². The van der Waals surface area contributed by atoms with Gasteiger partial charge in [0.2, 0.25) is 0 Å². The van der Waals surface area contributed by atoms with Crippen molar-refractivity contribution < 1.29 is 31.4 Å². The van der Waals surface area contributed by atoms with E-state index in [0.29, 0.717) is 5.57 Å². The second kappa shape index (κ2) is 5.07. The Kier molecular flexibility index (Phi) is 4.85. The smallest absolute Gasteiger partial charge is 0.392 e. The van der Waals surface area contributed by atoms with Crippen molar-refractivity contribution in [1.82, 2.24) is 0 Å². The molecule has 0 aromatic heterocycles. The Bertz CT molecular complexity index is 227. The van der Waals surface area contributed by atoms with Crippen LogP contribution in [-0.2, 0) is 0 Å². The van der Waals surface area contributed by atoms with Crippen LogP contribution in [0.1, 0.15) is 19.8 Å². The van der Waals surface area contributed by atoms with Crippen molar-refractivity contribution in [3.63, 3.8) is 0 Å². The Balaban J connectivity index is 4.72. The lowest BCUT2D eigenvalue weighted by Crippen LogP contribution is -2.44. The SMILES string of the molecule is C=C(C)CCC(O)C(C(F)(F)F)C(F)(F)F. The molecule has 96 valence electrons. The number of hydrogen-bond acceptors (Lipinski definition) is 1. The molecule has 0 saturated carbocycles. The third-order valence-corrected chi connectivity index (χ3v) is 1.96. The lowest BCUT2D eigenvalue weighted by Gasteiger charge is -2.27. The zero-order chi connectivity index (χ0) is 13.1. The lowest BCUT2D eigenvalue weighted by atomic mass is 9.96. The van der Waals surface area contributed by atoms with Crippen molar-refractivity contribution >= 4 is 0 Å². The molecule has 7 heteroatoms. The van der Waals surface area contributed by atoms with Gasteiger partial charge in [-0.15, -0.1) is 6.58 Å². The molecule has 0 aliphatic heterocycles. The second-order valence-corrected chi connectivity index (χ2v) is 3.62. The summed E-state index contributed by atoms with van der Waals surface area (Å²) < 4.78 is 72.5. The van der Waals surface area contributed by atoms with Gasteiger partial charge < -0.3 is 5.11 Å². The molecule has 1 N–H and O–H groups in total. The van der Waals surface area contributed by atoms with Gasteiger partial charge in [-0.3, -0.25) is 0 Å². The largest absolute Gasteiger partial charge is 0.403 e. The first-order chi connectivity index (χ1) is 6.96. The fourth-order valence-corrected chi connectivity index (χ4v) is 1.18. The van der Waals surface area contributed by atoms with E-state index in [1.165, 1.54) is 6.92 Å². The molecule has 0 spiro atoms. The molecule has 16 heavy (non-hydrogen) atoms. The Hall–Kier alpha value is -0.720. The third-order valence-electron chi connectivity index (χ3n) is 1.96. The molecule has 0 aliphatic rings. The fourth-order valence-electron chi connectivity index (χ4n) is 1.18. The van der Waals surface area contributed by atoms with E-state index in [4.69, 9.17) is 5.11 Å². The lowest BCUT2D eigenvalue weighted by molar-refractivity contribution is -0.306. The van der Waals surface area contributed by atoms with Crippen molar-refractivity contribution in [3.05, 3.63) is 12.2 Å². The van der Waals surface area contributed by atoms with Crippen LogP contribution in [0.3, 0.4) is 0 Å². The average molecular weight is 250 g/mol. The molecule has 0 rings (SSSR count). The quantitative estimate of drug-likeness (QED) is 0.598. The van der Waals surface area contributed by atoms with Crippen molar-refractivity contribution in [1.29, 1.82) is 0 Å². The van der Waals surface area contributed by atoms with Crippen molar-refractivity contribution in [2.45, 2.75) is 38.2 Å². The van der Waals surface area contributed by atoms with Gasteiger partial charge in [0.15, 0.2) is 5.92 Å². The number of hydrogen-bond donors (Lipinski definition) is 1. The van der Waals surface area contributed by atoms with Gasteiger partial charge in [-0.2, -0.15) is 26.3 Å². The Morgan fingerprint density at radius 1 is 1.12 bits per heavy atom. The van der Waals surface area contributed by atoms with Gasteiger partial charge in [0.1, 0.15) is 0 Å². The molecular weight excluding hydrogens is 238 g/mol. The molecule has 1 nitrogen and oxygen atoms in total. The van der Waals surface area contributed by atoms with Crippen molar-refractivity contribution in [2.24, 2.45) is 5.92 Å². The fraction of sp³-hybridized carbons (Fsp3) is 0.778. The summed E-state index contributed by atoms with van der Waals surface area (Å²) in [4.78, 5) is 0. The van der Waals surface area contributed by atoms with E-state index in [0.717, 1.165) is 0 Å². The molecular formula is C9H12F6O. The molecule has 1 unspecified atom stereocenters. The van der Waals surface area contributed by atoms with Crippen LogP contribution in [0.5, 0.6) is 0 Å². The molecule has 0 radical (unpaired) electrons. The zero-order valence-corrected chi connectivity index (χ0v) is 8.49. The maximum absolute atomic E-state index is 12.1. The van der Waals surface area contributed by atoms with Gasteiger partial charge in [0, 0.05) is 0 Å². The monoisotopic (exact) mass is 250 g/mol. The van der Waals surface area contributed by atoms with E-state index in [-0.39, 0.29) is 6.42 Å². The molecule has 0 aromatic carbocycles. The number of alkyl halides is 6. The van der Waals surface area contributed by atoms with Gasteiger partial charge in [-0.1, -0.05) is 5.57 Å². The van der Waals surface area contributed by atoms with Crippen LogP contribution in [0.15, 0.2) is 12.2 Å². The van der Waals surface area contributed by atoms with E-state index in [1.807, 2.05) is 0 Å². The summed E-state index contributed by atoms with van der Waals surface area (Å²) in [5.74, 6) is -3.70. The first kappa shape index (κ1) is 15.3. The van der Waals surface area contributed by atoms with Crippen molar-refractivity contribution in [3.8, 4) is 0 Å². The third kappa shape index (κ3) is 4.87. The minimum Gasteiger partial charge on any atom is -0.392 e. The van der Waals surface area contributed by atoms with Gasteiger partial charge in [0.25, 0.3) is 0 Å². The summed E-state index contributed by atoms with van der Waals surface area (Å²) in [5, 5.41) is 8.95. The summed E-state index contributed by atoms with van der Waals surface area (Å²) >= 11 is 0. The normalized spacial score (nSPS) is 15.3. The number of allylic oxidation sites excluding steroid dienone is 1. The Labute approximate surface area is 88.8 Å². The van der Waals surface area contributed by atoms with Crippen LogP contribution in [0.25, 0.3) is 0 Å². The molecule has 0 amide bonds. The maximum Gasteiger partial charge on any atom is 0.403 e. The van der Waals surface area contributed by atoms with E-state index < -0.39 is 30.8 Å². The minimum atomic E-state index is -5.49. The average Bonchev–Trinajstić information content (AvgIpc) is 1.94. The minimum absolute atomic E-state index is 0.0795. The molecule has 0 aliphatic carbocycles. The predicted octanol–water partition coefficient (Wildman–Crippen LogP) is 3.44. The molecule has 0 aromatic rings. The standard InChI is InChI=1S/C9H12F6O/c1-5(2)3-4-6(16)7(8(10,11)12)9(13,14)15/h6-7,16H,1,3-4H2,2H3. The van der Waals surface area contributed by atoms with Crippen LogP contribution in [0.2, 0.25) is 0 Å². The topological polar surface area (TPSA) is 20.2 Å². The van der Waals surface area contributed by atoms with E-state index in [9.17, 15) is 26.3 Å². The van der Waals surface area contributed by atoms with Crippen molar-refractivity contribution in [2.75, 3.05) is 0 Å². The van der Waals surface area contributed by atoms with Crippen LogP contribution >= 0.6 is 0 Å². The molecule has 0 fully saturated rings.